The van der Waals surface area contributed by atoms with E-state index in [0.717, 1.165) is 12.1 Å². The summed E-state index contributed by atoms with van der Waals surface area (Å²) in [5.74, 6) is -1.18. The molecule has 0 spiro atoms. The summed E-state index contributed by atoms with van der Waals surface area (Å²) in [6, 6.07) is 3.69. The van der Waals surface area contributed by atoms with Gasteiger partial charge in [0.1, 0.15) is 10.7 Å². The molecule has 1 saturated heterocycles. The molecule has 6 nitrogen and oxygen atoms in total. The second-order valence-electron chi connectivity index (χ2n) is 5.53. The zero-order valence-electron chi connectivity index (χ0n) is 12.8. The van der Waals surface area contributed by atoms with Crippen LogP contribution in [0.25, 0.3) is 0 Å². The van der Waals surface area contributed by atoms with Gasteiger partial charge in [-0.3, -0.25) is 4.79 Å². The number of sulfonamides is 1. The van der Waals surface area contributed by atoms with Gasteiger partial charge in [0.05, 0.1) is 0 Å². The van der Waals surface area contributed by atoms with E-state index in [2.05, 4.69) is 10.0 Å². The van der Waals surface area contributed by atoms with E-state index >= 15 is 0 Å². The third kappa shape index (κ3) is 3.45. The maximum Gasteiger partial charge on any atom is 0.254 e. The molecule has 2 rings (SSSR count). The lowest BCUT2D eigenvalue weighted by atomic mass is 10.1. The topological polar surface area (TPSA) is 78.5 Å². The minimum atomic E-state index is -3.95. The first-order valence-electron chi connectivity index (χ1n) is 7.03. The van der Waals surface area contributed by atoms with Gasteiger partial charge in [-0.25, -0.2) is 17.5 Å². The molecule has 1 amide bonds. The highest BCUT2D eigenvalue weighted by Gasteiger charge is 2.27. The van der Waals surface area contributed by atoms with Gasteiger partial charge < -0.3 is 10.2 Å². The molecule has 22 heavy (non-hydrogen) atoms. The predicted molar refractivity (Wildman–Crippen MR) is 80.6 cm³/mol. The van der Waals surface area contributed by atoms with E-state index in [-0.39, 0.29) is 23.6 Å². The highest BCUT2D eigenvalue weighted by Crippen LogP contribution is 2.18. The Balaban J connectivity index is 2.33. The molecule has 1 aliphatic rings. The minimum Gasteiger partial charge on any atom is -0.336 e. The van der Waals surface area contributed by atoms with E-state index < -0.39 is 20.7 Å². The number of piperazine rings is 1. The fraction of sp³-hybridized carbons (Fsp3) is 0.500. The summed E-state index contributed by atoms with van der Waals surface area (Å²) in [6.07, 6.45) is 0. The van der Waals surface area contributed by atoms with Crippen LogP contribution in [-0.4, -0.2) is 51.4 Å². The van der Waals surface area contributed by atoms with Crippen molar-refractivity contribution in [3.63, 3.8) is 0 Å². The summed E-state index contributed by atoms with van der Waals surface area (Å²) in [5, 5.41) is 3.31. The molecule has 0 radical (unpaired) electrons. The Hall–Kier alpha value is -1.51. The Morgan fingerprint density at radius 3 is 2.45 bits per heavy atom. The average Bonchev–Trinajstić information content (AvgIpc) is 2.45. The van der Waals surface area contributed by atoms with Crippen molar-refractivity contribution < 1.29 is 17.6 Å². The first-order chi connectivity index (χ1) is 10.2. The normalized spacial score (nSPS) is 22.6. The van der Waals surface area contributed by atoms with Crippen LogP contribution in [0.5, 0.6) is 0 Å². The van der Waals surface area contributed by atoms with E-state index in [4.69, 9.17) is 0 Å². The highest BCUT2D eigenvalue weighted by atomic mass is 32.2. The lowest BCUT2D eigenvalue weighted by Gasteiger charge is -2.36. The summed E-state index contributed by atoms with van der Waals surface area (Å²) >= 11 is 0. The number of carbonyl (C=O) groups is 1. The van der Waals surface area contributed by atoms with Gasteiger partial charge in [0, 0.05) is 30.7 Å². The SMILES string of the molecule is CNS(=O)(=O)c1cc(C(=O)N2C[C@H](C)N[C@@H](C)C2)ccc1F. The summed E-state index contributed by atoms with van der Waals surface area (Å²) < 4.78 is 39.4. The van der Waals surface area contributed by atoms with Crippen molar-refractivity contribution in [1.29, 1.82) is 0 Å². The zero-order chi connectivity index (χ0) is 16.5. The van der Waals surface area contributed by atoms with E-state index in [1.165, 1.54) is 13.1 Å². The zero-order valence-corrected chi connectivity index (χ0v) is 13.6. The molecule has 1 aliphatic heterocycles. The highest BCUT2D eigenvalue weighted by molar-refractivity contribution is 7.89. The van der Waals surface area contributed by atoms with Crippen molar-refractivity contribution >= 4 is 15.9 Å². The van der Waals surface area contributed by atoms with Crippen LogP contribution < -0.4 is 10.0 Å². The number of hydrogen-bond acceptors (Lipinski definition) is 4. The molecule has 2 atom stereocenters. The van der Waals surface area contributed by atoms with Crippen molar-refractivity contribution in [2.45, 2.75) is 30.8 Å². The molecule has 1 heterocycles. The van der Waals surface area contributed by atoms with Crippen LogP contribution in [0.4, 0.5) is 4.39 Å². The minimum absolute atomic E-state index is 0.147. The summed E-state index contributed by atoms with van der Waals surface area (Å²) in [7, 11) is -2.75. The molecule has 1 aromatic rings. The van der Waals surface area contributed by atoms with Crippen molar-refractivity contribution in [1.82, 2.24) is 14.9 Å². The Bertz CT molecular complexity index is 668. The van der Waals surface area contributed by atoms with E-state index in [0.29, 0.717) is 13.1 Å². The Morgan fingerprint density at radius 2 is 1.91 bits per heavy atom. The monoisotopic (exact) mass is 329 g/mol. The number of nitrogens with zero attached hydrogens (tertiary/aromatic N) is 1. The van der Waals surface area contributed by atoms with Gasteiger partial charge >= 0.3 is 0 Å². The second-order valence-corrected chi connectivity index (χ2v) is 7.39. The van der Waals surface area contributed by atoms with Gasteiger partial charge in [-0.1, -0.05) is 0 Å². The fourth-order valence-corrected chi connectivity index (χ4v) is 3.45. The molecule has 0 bridgehead atoms. The summed E-state index contributed by atoms with van der Waals surface area (Å²) in [6.45, 7) is 4.98. The number of benzene rings is 1. The number of hydrogen-bond donors (Lipinski definition) is 2. The molecule has 0 aliphatic carbocycles. The molecule has 0 aromatic heterocycles. The molecule has 8 heteroatoms. The maximum atomic E-state index is 13.7. The van der Waals surface area contributed by atoms with Gasteiger partial charge in [0.15, 0.2) is 0 Å². The smallest absolute Gasteiger partial charge is 0.254 e. The molecule has 1 aromatic carbocycles. The Kier molecular flexibility index (Phi) is 4.84. The van der Waals surface area contributed by atoms with Crippen molar-refractivity contribution in [3.8, 4) is 0 Å². The Morgan fingerprint density at radius 1 is 1.32 bits per heavy atom. The van der Waals surface area contributed by atoms with Crippen LogP contribution in [-0.2, 0) is 10.0 Å². The Labute approximate surface area is 129 Å². The molecular weight excluding hydrogens is 309 g/mol. The third-order valence-electron chi connectivity index (χ3n) is 3.58. The molecule has 122 valence electrons. The quantitative estimate of drug-likeness (QED) is 0.849. The standard InChI is InChI=1S/C14H20FN3O3S/c1-9-7-18(8-10(2)17-9)14(19)11-4-5-12(15)13(6-11)22(20,21)16-3/h4-6,9-10,16-17H,7-8H2,1-3H3/t9-,10-/m0/s1. The first-order valence-corrected chi connectivity index (χ1v) is 8.51. The third-order valence-corrected chi connectivity index (χ3v) is 5.01. The molecule has 0 unspecified atom stereocenters. The average molecular weight is 329 g/mol. The van der Waals surface area contributed by atoms with Crippen molar-refractivity contribution in [2.75, 3.05) is 20.1 Å². The summed E-state index contributed by atoms with van der Waals surface area (Å²) in [4.78, 5) is 13.7. The van der Waals surface area contributed by atoms with Crippen molar-refractivity contribution in [3.05, 3.63) is 29.6 Å². The number of rotatable bonds is 3. The van der Waals surface area contributed by atoms with Gasteiger partial charge in [-0.15, -0.1) is 0 Å². The van der Waals surface area contributed by atoms with Gasteiger partial charge in [-0.05, 0) is 39.1 Å². The number of amides is 1. The first kappa shape index (κ1) is 16.9. The van der Waals surface area contributed by atoms with Crippen LogP contribution in [0.3, 0.4) is 0 Å². The number of nitrogens with one attached hydrogen (secondary N) is 2. The molecular formula is C14H20FN3O3S. The molecule has 2 N–H and O–H groups in total. The largest absolute Gasteiger partial charge is 0.336 e. The number of carbonyl (C=O) groups excluding carboxylic acids is 1. The maximum absolute atomic E-state index is 13.7. The lowest BCUT2D eigenvalue weighted by Crippen LogP contribution is -2.55. The molecule has 0 saturated carbocycles. The number of halogens is 1. The van der Waals surface area contributed by atoms with Crippen molar-refractivity contribution in [2.24, 2.45) is 0 Å². The van der Waals surface area contributed by atoms with Crippen LogP contribution in [0.1, 0.15) is 24.2 Å². The van der Waals surface area contributed by atoms with Gasteiger partial charge in [-0.2, -0.15) is 0 Å². The van der Waals surface area contributed by atoms with E-state index in [1.54, 1.807) is 4.90 Å². The van der Waals surface area contributed by atoms with Crippen LogP contribution in [0.2, 0.25) is 0 Å². The van der Waals surface area contributed by atoms with E-state index in [9.17, 15) is 17.6 Å². The lowest BCUT2D eigenvalue weighted by molar-refractivity contribution is 0.0673. The van der Waals surface area contributed by atoms with Crippen LogP contribution in [0, 0.1) is 5.82 Å². The second kappa shape index (κ2) is 6.31. The fourth-order valence-electron chi connectivity index (χ4n) is 2.63. The predicted octanol–water partition coefficient (Wildman–Crippen LogP) is 0.556. The van der Waals surface area contributed by atoms with Gasteiger partial charge in [0.2, 0.25) is 10.0 Å². The molecule has 1 fully saturated rings. The summed E-state index contributed by atoms with van der Waals surface area (Å²) in [5.41, 5.74) is 0.163. The van der Waals surface area contributed by atoms with Crippen LogP contribution >= 0.6 is 0 Å². The van der Waals surface area contributed by atoms with E-state index in [1.807, 2.05) is 13.8 Å². The van der Waals surface area contributed by atoms with Crippen LogP contribution in [0.15, 0.2) is 23.1 Å². The van der Waals surface area contributed by atoms with Gasteiger partial charge in [0.25, 0.3) is 5.91 Å².